The number of fused-ring (bicyclic) bond motifs is 15. The number of rotatable bonds is 17. The third-order valence-corrected chi connectivity index (χ3v) is 19.7. The Morgan fingerprint density at radius 3 is 1.94 bits per heavy atom. The summed E-state index contributed by atoms with van der Waals surface area (Å²) in [5, 5.41) is 124. The molecule has 5 aromatic carbocycles. The molecule has 21 N–H and O–H groups in total. The van der Waals surface area contributed by atoms with Crippen LogP contribution < -0.4 is 68.2 Å². The number of halogens is 2. The Labute approximate surface area is 626 Å². The minimum Gasteiger partial charge on any atom is -0.508 e. The molecule has 0 unspecified atom stereocenters. The van der Waals surface area contributed by atoms with Gasteiger partial charge in [0, 0.05) is 48.0 Å². The Kier molecular flexibility index (Phi) is 25.3. The van der Waals surface area contributed by atoms with Gasteiger partial charge in [-0.3, -0.25) is 43.2 Å². The molecule has 7 aliphatic rings. The monoisotopic (exact) mass is 1550 g/mol. The SMILES string of the molecule is CN[C@H](CC(C)C)C(=O)N[C@H]1C(=O)N[C@@H](CC(N)=O)C(=O)N[C@H]2C(=O)N[C@H]3C(=O)N[C@H](C(=O)N[C@@H](C(=O)NCCCC(=O)OC)c4cc(O)cc(O)c4-c4cc3ccc4O)[C@H](O)c3ccc(c(Cl)c3)Oc3cc2cc(c3O[C@H]2O[C@@H](CO)[C@H](O)[C@@H](O)[C@@H]2O[C@H]2C[C@](C)(N)[C@H](C)[C@H](O)O2)Oc2ccc(cc2Cl)[C@H]1O. The van der Waals surface area contributed by atoms with Crippen LogP contribution in [0.25, 0.3) is 11.1 Å². The fraction of sp³-hybridized carbons (Fsp3) is 0.451. The lowest BCUT2D eigenvalue weighted by molar-refractivity contribution is -0.348. The molecule has 7 aliphatic heterocycles. The molecular weight excluding hydrogens is 1460 g/mol. The number of carbonyl (C=O) groups excluding carboxylic acids is 9. The van der Waals surface area contributed by atoms with Crippen molar-refractivity contribution in [3.05, 3.63) is 117 Å². The molecule has 35 nitrogen and oxygen atoms in total. The number of nitrogens with two attached hydrogens (primary N) is 2. The number of amides is 8. The van der Waals surface area contributed by atoms with Crippen LogP contribution in [-0.2, 0) is 62.1 Å². The first-order valence-electron chi connectivity index (χ1n) is 34.2. The summed E-state index contributed by atoms with van der Waals surface area (Å²) in [5.74, 6) is -16.4. The van der Waals surface area contributed by atoms with E-state index >= 15 is 19.2 Å². The van der Waals surface area contributed by atoms with Crippen LogP contribution in [0.4, 0.5) is 0 Å². The molecule has 0 aromatic heterocycles. The van der Waals surface area contributed by atoms with Gasteiger partial charge in [0.15, 0.2) is 30.2 Å². The number of hydrogen-bond acceptors (Lipinski definition) is 27. The molecule has 7 heterocycles. The van der Waals surface area contributed by atoms with Crippen LogP contribution in [0, 0.1) is 11.8 Å². The summed E-state index contributed by atoms with van der Waals surface area (Å²) in [4.78, 5) is 131. The molecule has 0 aliphatic carbocycles. The summed E-state index contributed by atoms with van der Waals surface area (Å²) in [6.07, 6.45) is -18.2. The molecule has 11 bridgehead atoms. The number of aromatic hydroxyl groups is 3. The predicted molar refractivity (Wildman–Crippen MR) is 376 cm³/mol. The molecule has 108 heavy (non-hydrogen) atoms. The number of aliphatic hydroxyl groups is 6. The molecule has 582 valence electrons. The average Bonchev–Trinajstić information content (AvgIpc) is 0.765. The van der Waals surface area contributed by atoms with Crippen molar-refractivity contribution in [3.8, 4) is 57.1 Å². The molecule has 5 aromatic rings. The van der Waals surface area contributed by atoms with E-state index in [1.165, 1.54) is 19.2 Å². The van der Waals surface area contributed by atoms with Crippen molar-refractivity contribution in [1.82, 2.24) is 42.5 Å². The average molecular weight is 1550 g/mol. The number of ether oxygens (including phenoxy) is 7. The summed E-state index contributed by atoms with van der Waals surface area (Å²) in [5.41, 5.74) is 8.61. The Balaban J connectivity index is 1.23. The standard InChI is InChI=1S/C71H84Cl2N10O25/c1-27(2)16-38(76-5)62(94)82-54-56(90)30-10-13-42(36(72)18-30)103-44-20-32-21-45(60(44)108-70-61(59(93)58(92)46(26-84)105-70)106-49-25-71(4,75)28(3)69(101)107-49)104-43-14-11-31(19-37(43)73)57(91)55-68(100)81-53(64(96)77-15-7-8-48(89)102-6)35-22-33(85)23-41(87)50(35)34-17-29(9-12-40(34)86)51(65(97)83-55)80-66(98)52(32)79-63(95)39(24-47(74)88)78-67(54)99/h9-14,17-23,27-28,38-39,46,49,51-59,61,69-70,76,84-87,90-93,101H,7-8,15-16,24-26,75H2,1-6H3,(H2,74,88)(H,77,96)(H,78,99)(H,79,95)(H,80,98)(H,81,100)(H,82,94)(H,83,97)/t28-,38-,39+,46+,49-,51-,52-,53-,54-,55+,56-,57-,58+,59-,61+,69-,70-,71+/m1/s1. The van der Waals surface area contributed by atoms with Gasteiger partial charge in [0.1, 0.15) is 95.5 Å². The van der Waals surface area contributed by atoms with E-state index in [0.29, 0.717) is 0 Å². The van der Waals surface area contributed by atoms with Gasteiger partial charge in [0.25, 0.3) is 0 Å². The van der Waals surface area contributed by atoms with E-state index in [-0.39, 0.29) is 65.6 Å². The van der Waals surface area contributed by atoms with Gasteiger partial charge in [-0.05, 0) is 115 Å². The first-order valence-corrected chi connectivity index (χ1v) is 34.9. The molecule has 18 atom stereocenters. The summed E-state index contributed by atoms with van der Waals surface area (Å²) in [6, 6.07) is -0.158. The van der Waals surface area contributed by atoms with E-state index in [0.717, 1.165) is 73.8 Å². The van der Waals surface area contributed by atoms with Gasteiger partial charge >= 0.3 is 5.97 Å². The van der Waals surface area contributed by atoms with Gasteiger partial charge in [-0.25, -0.2) is 0 Å². The molecular formula is C71H84Cl2N10O25. The summed E-state index contributed by atoms with van der Waals surface area (Å²) >= 11 is 14.2. The number of phenolic OH excluding ortho intramolecular Hbond substituents is 3. The molecule has 37 heteroatoms. The Morgan fingerprint density at radius 2 is 1.34 bits per heavy atom. The van der Waals surface area contributed by atoms with E-state index in [1.54, 1.807) is 13.8 Å². The maximum atomic E-state index is 16.2. The van der Waals surface area contributed by atoms with Crippen LogP contribution in [0.15, 0.2) is 78.9 Å². The number of likely N-dealkylation sites (N-methyl/N-ethyl adjacent to an activating group) is 1. The minimum absolute atomic E-state index is 0.0117. The van der Waals surface area contributed by atoms with Crippen LogP contribution in [0.5, 0.6) is 46.0 Å². The Hall–Kier alpha value is -9.73. The van der Waals surface area contributed by atoms with Crippen LogP contribution in [0.1, 0.15) is 118 Å². The molecule has 2 saturated heterocycles. The summed E-state index contributed by atoms with van der Waals surface area (Å²) < 4.78 is 42.9. The van der Waals surface area contributed by atoms with Gasteiger partial charge in [-0.2, -0.15) is 0 Å². The van der Waals surface area contributed by atoms with Crippen molar-refractivity contribution >= 4 is 76.4 Å². The number of aliphatic hydroxyl groups excluding tert-OH is 6. The van der Waals surface area contributed by atoms with Crippen molar-refractivity contribution in [2.75, 3.05) is 27.3 Å². The summed E-state index contributed by atoms with van der Waals surface area (Å²) in [7, 11) is 2.62. The van der Waals surface area contributed by atoms with Crippen LogP contribution >= 0.6 is 23.2 Å². The highest BCUT2D eigenvalue weighted by atomic mass is 35.5. The van der Waals surface area contributed by atoms with Gasteiger partial charge in [-0.1, -0.05) is 62.2 Å². The number of nitrogens with one attached hydrogen (secondary N) is 8. The van der Waals surface area contributed by atoms with Crippen molar-refractivity contribution < 1.29 is 122 Å². The summed E-state index contributed by atoms with van der Waals surface area (Å²) in [6.45, 7) is 5.62. The number of primary amides is 1. The molecule has 8 amide bonds. The van der Waals surface area contributed by atoms with Crippen molar-refractivity contribution in [3.63, 3.8) is 0 Å². The van der Waals surface area contributed by atoms with Gasteiger partial charge in [0.2, 0.25) is 59.3 Å². The van der Waals surface area contributed by atoms with E-state index < -0.39 is 243 Å². The van der Waals surface area contributed by atoms with Crippen LogP contribution in [-0.4, -0.2) is 199 Å². The lowest BCUT2D eigenvalue weighted by atomic mass is 9.82. The minimum atomic E-state index is -2.36. The van der Waals surface area contributed by atoms with E-state index in [9.17, 15) is 69.9 Å². The zero-order valence-electron chi connectivity index (χ0n) is 58.8. The van der Waals surface area contributed by atoms with E-state index in [4.69, 9.17) is 67.8 Å². The van der Waals surface area contributed by atoms with Gasteiger partial charge in [0.05, 0.1) is 36.2 Å². The topological polar surface area (TPSA) is 549 Å². The molecule has 0 radical (unpaired) electrons. The predicted octanol–water partition coefficient (Wildman–Crippen LogP) is 0.296. The normalized spacial score (nSPS) is 28.2. The first kappa shape index (κ1) is 80.8. The number of benzene rings is 5. The second-order valence-electron chi connectivity index (χ2n) is 27.4. The van der Waals surface area contributed by atoms with Crippen molar-refractivity contribution in [1.29, 1.82) is 0 Å². The van der Waals surface area contributed by atoms with Crippen LogP contribution in [0.2, 0.25) is 10.0 Å². The number of carbonyl (C=O) groups is 9. The number of hydrogen-bond donors (Lipinski definition) is 19. The third-order valence-electron chi connectivity index (χ3n) is 19.1. The Morgan fingerprint density at radius 1 is 0.722 bits per heavy atom. The van der Waals surface area contributed by atoms with Gasteiger partial charge in [-0.15, -0.1) is 0 Å². The zero-order chi connectivity index (χ0) is 78.7. The number of methoxy groups -OCH3 is 1. The lowest BCUT2D eigenvalue weighted by Crippen LogP contribution is -2.63. The second kappa shape index (κ2) is 33.8. The maximum absolute atomic E-state index is 16.2. The largest absolute Gasteiger partial charge is 0.508 e. The van der Waals surface area contributed by atoms with E-state index in [2.05, 4.69) is 42.5 Å². The molecule has 12 rings (SSSR count). The highest BCUT2D eigenvalue weighted by Gasteiger charge is 2.51. The fourth-order valence-corrected chi connectivity index (χ4v) is 13.4. The molecule has 0 spiro atoms. The quantitative estimate of drug-likeness (QED) is 0.0440. The van der Waals surface area contributed by atoms with Crippen molar-refractivity contribution in [2.24, 2.45) is 23.3 Å². The highest BCUT2D eigenvalue weighted by Crippen LogP contribution is 2.50. The first-order chi connectivity index (χ1) is 51.1. The number of esters is 1. The van der Waals surface area contributed by atoms with E-state index in [1.807, 2.05) is 13.8 Å². The third kappa shape index (κ3) is 17.8. The van der Waals surface area contributed by atoms with Crippen LogP contribution in [0.3, 0.4) is 0 Å². The maximum Gasteiger partial charge on any atom is 0.305 e. The second-order valence-corrected chi connectivity index (χ2v) is 28.2. The smallest absolute Gasteiger partial charge is 0.305 e. The molecule has 2 fully saturated rings. The highest BCUT2D eigenvalue weighted by molar-refractivity contribution is 6.32. The fourth-order valence-electron chi connectivity index (χ4n) is 13.0. The number of phenols is 3. The lowest BCUT2D eigenvalue weighted by Gasteiger charge is -2.47. The zero-order valence-corrected chi connectivity index (χ0v) is 60.3. The van der Waals surface area contributed by atoms with Gasteiger partial charge < -0.3 is 133 Å². The van der Waals surface area contributed by atoms with Crippen molar-refractivity contribution in [2.45, 2.75) is 163 Å². The Bertz CT molecular complexity index is 4290. The molecule has 0 saturated carbocycles.